The predicted molar refractivity (Wildman–Crippen MR) is 55.0 cm³/mol. The summed E-state index contributed by atoms with van der Waals surface area (Å²) in [6.45, 7) is 10.8. The van der Waals surface area contributed by atoms with E-state index >= 15 is 0 Å². The second-order valence-corrected chi connectivity index (χ2v) is 4.47. The third kappa shape index (κ3) is 1.80. The summed E-state index contributed by atoms with van der Waals surface area (Å²) in [4.78, 5) is 0. The predicted octanol–water partition coefficient (Wildman–Crippen LogP) is 3.80. The molecule has 0 bridgehead atoms. The molecule has 0 saturated carbocycles. The molecule has 0 nitrogen and oxygen atoms in total. The lowest BCUT2D eigenvalue weighted by Gasteiger charge is -2.29. The molecule has 12 heavy (non-hydrogen) atoms. The van der Waals surface area contributed by atoms with E-state index < -0.39 is 0 Å². The monoisotopic (exact) mass is 164 g/mol. The Kier molecular flexibility index (Phi) is 2.76. The van der Waals surface area contributed by atoms with Crippen molar-refractivity contribution in [3.8, 4) is 0 Å². The third-order valence-corrected chi connectivity index (χ3v) is 3.33. The number of hydrogen-bond acceptors (Lipinski definition) is 0. The average molecular weight is 164 g/mol. The van der Waals surface area contributed by atoms with Crippen molar-refractivity contribution in [2.75, 3.05) is 0 Å². The fourth-order valence-corrected chi connectivity index (χ4v) is 1.74. The van der Waals surface area contributed by atoms with E-state index in [1.165, 1.54) is 12.8 Å². The van der Waals surface area contributed by atoms with Gasteiger partial charge in [0.2, 0.25) is 0 Å². The number of rotatable bonds is 3. The van der Waals surface area contributed by atoms with Crippen LogP contribution < -0.4 is 0 Å². The van der Waals surface area contributed by atoms with Crippen LogP contribution in [0.5, 0.6) is 0 Å². The minimum absolute atomic E-state index is 0.467. The maximum Gasteiger partial charge on any atom is -0.00503 e. The third-order valence-electron chi connectivity index (χ3n) is 3.33. The largest absolute Gasteiger partial charge is 0.102 e. The maximum atomic E-state index is 3.83. The molecule has 0 heteroatoms. The van der Waals surface area contributed by atoms with Crippen LogP contribution in [0.1, 0.15) is 33.6 Å². The molecule has 68 valence electrons. The normalized spacial score (nSPS) is 29.2. The first-order valence-electron chi connectivity index (χ1n) is 4.91. The van der Waals surface area contributed by atoms with Crippen molar-refractivity contribution >= 4 is 0 Å². The smallest absolute Gasteiger partial charge is 0.00503 e. The highest BCUT2D eigenvalue weighted by molar-refractivity contribution is 5.10. The van der Waals surface area contributed by atoms with E-state index in [-0.39, 0.29) is 0 Å². The molecule has 0 aromatic carbocycles. The Morgan fingerprint density at radius 2 is 2.17 bits per heavy atom. The Hall–Kier alpha value is -0.520. The van der Waals surface area contributed by atoms with Crippen LogP contribution in [0, 0.1) is 17.3 Å². The lowest BCUT2D eigenvalue weighted by molar-refractivity contribution is 0.239. The highest BCUT2D eigenvalue weighted by Crippen LogP contribution is 2.40. The van der Waals surface area contributed by atoms with Gasteiger partial charge in [-0.1, -0.05) is 45.4 Å². The molecule has 1 aliphatic carbocycles. The van der Waals surface area contributed by atoms with Gasteiger partial charge in [0.1, 0.15) is 0 Å². The van der Waals surface area contributed by atoms with Gasteiger partial charge in [0.05, 0.1) is 0 Å². The molecule has 0 aliphatic heterocycles. The summed E-state index contributed by atoms with van der Waals surface area (Å²) < 4.78 is 0. The SMILES string of the molecule is C=CC1C=CC(C(C)(C)CC)C1. The van der Waals surface area contributed by atoms with Crippen molar-refractivity contribution < 1.29 is 0 Å². The van der Waals surface area contributed by atoms with Gasteiger partial charge >= 0.3 is 0 Å². The van der Waals surface area contributed by atoms with Crippen molar-refractivity contribution in [3.05, 3.63) is 24.8 Å². The topological polar surface area (TPSA) is 0 Å². The first kappa shape index (κ1) is 9.57. The van der Waals surface area contributed by atoms with Gasteiger partial charge in [0.15, 0.2) is 0 Å². The van der Waals surface area contributed by atoms with Crippen molar-refractivity contribution in [3.63, 3.8) is 0 Å². The summed E-state index contributed by atoms with van der Waals surface area (Å²) in [6.07, 6.45) is 9.25. The first-order valence-corrected chi connectivity index (χ1v) is 4.91. The molecule has 2 unspecified atom stereocenters. The van der Waals surface area contributed by atoms with Gasteiger partial charge < -0.3 is 0 Å². The summed E-state index contributed by atoms with van der Waals surface area (Å²) in [5.74, 6) is 1.38. The molecule has 0 N–H and O–H groups in total. The lowest BCUT2D eigenvalue weighted by Crippen LogP contribution is -2.20. The highest BCUT2D eigenvalue weighted by Gasteiger charge is 2.29. The molecule has 0 aromatic heterocycles. The van der Waals surface area contributed by atoms with Crippen LogP contribution in [-0.2, 0) is 0 Å². The second-order valence-electron chi connectivity index (χ2n) is 4.47. The van der Waals surface area contributed by atoms with Crippen LogP contribution in [0.2, 0.25) is 0 Å². The van der Waals surface area contributed by atoms with Crippen LogP contribution in [0.3, 0.4) is 0 Å². The van der Waals surface area contributed by atoms with Gasteiger partial charge in [-0.05, 0) is 23.7 Å². The molecular formula is C12H20. The van der Waals surface area contributed by atoms with Gasteiger partial charge in [0, 0.05) is 0 Å². The van der Waals surface area contributed by atoms with Crippen LogP contribution in [0.25, 0.3) is 0 Å². The van der Waals surface area contributed by atoms with Crippen molar-refractivity contribution in [1.82, 2.24) is 0 Å². The van der Waals surface area contributed by atoms with Crippen molar-refractivity contribution in [2.45, 2.75) is 33.6 Å². The van der Waals surface area contributed by atoms with E-state index in [4.69, 9.17) is 0 Å². The van der Waals surface area contributed by atoms with Gasteiger partial charge in [-0.25, -0.2) is 0 Å². The summed E-state index contributed by atoms with van der Waals surface area (Å²) in [5, 5.41) is 0. The van der Waals surface area contributed by atoms with Crippen LogP contribution >= 0.6 is 0 Å². The molecule has 0 radical (unpaired) electrons. The molecular weight excluding hydrogens is 144 g/mol. The molecule has 0 aromatic rings. The number of hydrogen-bond donors (Lipinski definition) is 0. The van der Waals surface area contributed by atoms with E-state index in [2.05, 4.69) is 45.6 Å². The van der Waals surface area contributed by atoms with E-state index in [9.17, 15) is 0 Å². The minimum atomic E-state index is 0.467. The summed E-state index contributed by atoms with van der Waals surface area (Å²) in [5.41, 5.74) is 0.467. The molecule has 2 atom stereocenters. The van der Waals surface area contributed by atoms with Crippen molar-refractivity contribution in [1.29, 1.82) is 0 Å². The molecule has 0 amide bonds. The second kappa shape index (κ2) is 3.47. The van der Waals surface area contributed by atoms with Gasteiger partial charge in [-0.3, -0.25) is 0 Å². The fraction of sp³-hybridized carbons (Fsp3) is 0.667. The zero-order valence-electron chi connectivity index (χ0n) is 8.51. The van der Waals surface area contributed by atoms with Crippen LogP contribution in [0.4, 0.5) is 0 Å². The van der Waals surface area contributed by atoms with Crippen molar-refractivity contribution in [2.24, 2.45) is 17.3 Å². The average Bonchev–Trinajstić information content (AvgIpc) is 2.52. The molecule has 1 aliphatic rings. The maximum absolute atomic E-state index is 3.83. The summed E-state index contributed by atoms with van der Waals surface area (Å²) >= 11 is 0. The zero-order chi connectivity index (χ0) is 9.19. The molecule has 0 fully saturated rings. The Morgan fingerprint density at radius 3 is 2.58 bits per heavy atom. The van der Waals surface area contributed by atoms with E-state index in [1.807, 2.05) is 0 Å². The highest BCUT2D eigenvalue weighted by atomic mass is 14.3. The Bertz CT molecular complexity index is 186. The minimum Gasteiger partial charge on any atom is -0.102 e. The molecule has 1 rings (SSSR count). The first-order chi connectivity index (χ1) is 5.60. The summed E-state index contributed by atoms with van der Waals surface area (Å²) in [7, 11) is 0. The fourth-order valence-electron chi connectivity index (χ4n) is 1.74. The summed E-state index contributed by atoms with van der Waals surface area (Å²) in [6, 6.07) is 0. The van der Waals surface area contributed by atoms with Gasteiger partial charge in [-0.15, -0.1) is 6.58 Å². The molecule has 0 saturated heterocycles. The van der Waals surface area contributed by atoms with E-state index in [1.54, 1.807) is 0 Å². The zero-order valence-corrected chi connectivity index (χ0v) is 8.51. The molecule has 0 spiro atoms. The molecule has 0 heterocycles. The van der Waals surface area contributed by atoms with E-state index in [0.29, 0.717) is 11.3 Å². The van der Waals surface area contributed by atoms with Gasteiger partial charge in [0.25, 0.3) is 0 Å². The van der Waals surface area contributed by atoms with E-state index in [0.717, 1.165) is 5.92 Å². The van der Waals surface area contributed by atoms with Gasteiger partial charge in [-0.2, -0.15) is 0 Å². The quantitative estimate of drug-likeness (QED) is 0.556. The lowest BCUT2D eigenvalue weighted by atomic mass is 9.76. The Morgan fingerprint density at radius 1 is 1.50 bits per heavy atom. The number of allylic oxidation sites excluding steroid dienone is 3. The van der Waals surface area contributed by atoms with Crippen LogP contribution in [-0.4, -0.2) is 0 Å². The van der Waals surface area contributed by atoms with Crippen LogP contribution in [0.15, 0.2) is 24.8 Å². The standard InChI is InChI=1S/C12H20/c1-5-10-7-8-11(9-10)12(3,4)6-2/h5,7-8,10-11H,1,6,9H2,2-4H3. The Labute approximate surface area is 76.4 Å². The Balaban J connectivity index is 2.58.